The molecule has 1 atom stereocenters. The molecule has 1 saturated heterocycles. The number of amides is 1. The zero-order chi connectivity index (χ0) is 24.5. The lowest BCUT2D eigenvalue weighted by atomic mass is 9.94. The zero-order valence-electron chi connectivity index (χ0n) is 20.2. The third kappa shape index (κ3) is 4.79. The molecule has 34 heavy (non-hydrogen) atoms. The third-order valence-corrected chi connectivity index (χ3v) is 7.21. The molecule has 5 heteroatoms. The van der Waals surface area contributed by atoms with Gasteiger partial charge in [-0.2, -0.15) is 0 Å². The Morgan fingerprint density at radius 2 is 1.68 bits per heavy atom. The van der Waals surface area contributed by atoms with Crippen molar-refractivity contribution in [2.24, 2.45) is 0 Å². The van der Waals surface area contributed by atoms with E-state index in [0.29, 0.717) is 21.8 Å². The molecule has 0 unspecified atom stereocenters. The van der Waals surface area contributed by atoms with Gasteiger partial charge in [0.05, 0.1) is 11.2 Å². The molecule has 3 aromatic carbocycles. The summed E-state index contributed by atoms with van der Waals surface area (Å²) in [6, 6.07) is 18.5. The van der Waals surface area contributed by atoms with E-state index in [1.807, 2.05) is 25.1 Å². The van der Waals surface area contributed by atoms with Gasteiger partial charge in [-0.15, -0.1) is 0 Å². The van der Waals surface area contributed by atoms with Crippen molar-refractivity contribution in [3.8, 4) is 0 Å². The number of likely N-dealkylation sites (tertiary alicyclic amines) is 1. The summed E-state index contributed by atoms with van der Waals surface area (Å²) in [5, 5.41) is 3.52. The predicted octanol–water partition coefficient (Wildman–Crippen LogP) is 6.49. The van der Waals surface area contributed by atoms with Gasteiger partial charge in [0, 0.05) is 22.7 Å². The molecular weight excluding hydrogens is 444 g/mol. The molecule has 1 N–H and O–H groups in total. The zero-order valence-corrected chi connectivity index (χ0v) is 21.0. The average molecular weight is 475 g/mol. The molecular formula is C29H31ClN2O2. The third-order valence-electron chi connectivity index (χ3n) is 6.98. The maximum Gasteiger partial charge on any atom is 0.244 e. The summed E-state index contributed by atoms with van der Waals surface area (Å²) in [5.74, 6) is -0.269. The van der Waals surface area contributed by atoms with Gasteiger partial charge in [0.15, 0.2) is 5.78 Å². The molecule has 176 valence electrons. The van der Waals surface area contributed by atoms with Crippen LogP contribution in [0.4, 0.5) is 5.69 Å². The topological polar surface area (TPSA) is 49.4 Å². The average Bonchev–Trinajstić information content (AvgIpc) is 3.19. The number of benzene rings is 3. The molecule has 0 spiro atoms. The number of nitrogens with one attached hydrogen (secondary N) is 1. The number of ketones is 1. The summed E-state index contributed by atoms with van der Waals surface area (Å²) in [5.41, 5.74) is 5.79. The van der Waals surface area contributed by atoms with Gasteiger partial charge >= 0.3 is 0 Å². The summed E-state index contributed by atoms with van der Waals surface area (Å²) in [6.07, 6.45) is 1.71. The van der Waals surface area contributed by atoms with Gasteiger partial charge < -0.3 is 5.32 Å². The molecule has 0 aliphatic carbocycles. The minimum atomic E-state index is -0.670. The van der Waals surface area contributed by atoms with E-state index in [1.54, 1.807) is 30.3 Å². The molecule has 0 saturated carbocycles. The molecule has 4 nitrogen and oxygen atoms in total. The number of halogens is 1. The largest absolute Gasteiger partial charge is 0.324 e. The Morgan fingerprint density at radius 3 is 2.35 bits per heavy atom. The van der Waals surface area contributed by atoms with Crippen LogP contribution in [0.5, 0.6) is 0 Å². The van der Waals surface area contributed by atoms with Gasteiger partial charge in [-0.3, -0.25) is 14.5 Å². The van der Waals surface area contributed by atoms with Gasteiger partial charge in [0.1, 0.15) is 0 Å². The van der Waals surface area contributed by atoms with E-state index in [0.717, 1.165) is 25.9 Å². The van der Waals surface area contributed by atoms with Gasteiger partial charge in [-0.25, -0.2) is 0 Å². The molecule has 4 rings (SSSR count). The van der Waals surface area contributed by atoms with Crippen molar-refractivity contribution in [2.75, 3.05) is 11.9 Å². The van der Waals surface area contributed by atoms with E-state index >= 15 is 0 Å². The van der Waals surface area contributed by atoms with Crippen molar-refractivity contribution < 1.29 is 9.59 Å². The van der Waals surface area contributed by atoms with E-state index in [9.17, 15) is 9.59 Å². The summed E-state index contributed by atoms with van der Waals surface area (Å²) in [7, 11) is 0. The fourth-order valence-corrected chi connectivity index (χ4v) is 5.17. The molecule has 0 radical (unpaired) electrons. The molecule has 1 heterocycles. The maximum atomic E-state index is 13.7. The van der Waals surface area contributed by atoms with Crippen molar-refractivity contribution >= 4 is 29.0 Å². The molecule has 0 bridgehead atoms. The van der Waals surface area contributed by atoms with Gasteiger partial charge in [-0.05, 0) is 82.0 Å². The normalized spacial score (nSPS) is 18.1. The second kappa shape index (κ2) is 9.73. The number of aryl methyl sites for hydroxylation is 3. The summed E-state index contributed by atoms with van der Waals surface area (Å²) in [4.78, 5) is 29.1. The minimum Gasteiger partial charge on any atom is -0.324 e. The van der Waals surface area contributed by atoms with Crippen molar-refractivity contribution in [3.05, 3.63) is 99.1 Å². The second-order valence-electron chi connectivity index (χ2n) is 9.52. The standard InChI is InChI=1S/C29H31ClN2O2/c1-19-15-20(2)25(21(3)16-19)18-32-14-8-13-29(32,4)28(34)31-26-12-11-23(30)17-24(26)27(33)22-9-6-5-7-10-22/h5-7,9-12,15-17H,8,13-14,18H2,1-4H3,(H,31,34)/t29-/m1/s1. The Kier molecular flexibility index (Phi) is 6.92. The van der Waals surface area contributed by atoms with Crippen molar-refractivity contribution in [3.63, 3.8) is 0 Å². The highest BCUT2D eigenvalue weighted by Crippen LogP contribution is 2.34. The van der Waals surface area contributed by atoms with E-state index in [1.165, 1.54) is 22.3 Å². The first-order valence-electron chi connectivity index (χ1n) is 11.7. The van der Waals surface area contributed by atoms with E-state index in [4.69, 9.17) is 11.6 Å². The van der Waals surface area contributed by atoms with Gasteiger partial charge in [-0.1, -0.05) is 59.6 Å². The van der Waals surface area contributed by atoms with Gasteiger partial charge in [0.2, 0.25) is 5.91 Å². The Morgan fingerprint density at radius 1 is 1.00 bits per heavy atom. The predicted molar refractivity (Wildman–Crippen MR) is 139 cm³/mol. The Balaban J connectivity index is 1.60. The maximum absolute atomic E-state index is 13.7. The summed E-state index contributed by atoms with van der Waals surface area (Å²) < 4.78 is 0. The number of hydrogen-bond acceptors (Lipinski definition) is 3. The minimum absolute atomic E-state index is 0.100. The summed E-state index contributed by atoms with van der Waals surface area (Å²) >= 11 is 6.22. The first-order valence-corrected chi connectivity index (χ1v) is 12.1. The van der Waals surface area contributed by atoms with E-state index in [2.05, 4.69) is 43.1 Å². The van der Waals surface area contributed by atoms with Gasteiger partial charge in [0.25, 0.3) is 0 Å². The number of carbonyl (C=O) groups is 2. The molecule has 0 aromatic heterocycles. The van der Waals surface area contributed by atoms with Crippen molar-refractivity contribution in [1.82, 2.24) is 4.90 Å². The fourth-order valence-electron chi connectivity index (χ4n) is 5.00. The van der Waals surface area contributed by atoms with Crippen LogP contribution in [0.2, 0.25) is 5.02 Å². The first kappa shape index (κ1) is 24.2. The monoisotopic (exact) mass is 474 g/mol. The lowest BCUT2D eigenvalue weighted by molar-refractivity contribution is -0.125. The van der Waals surface area contributed by atoms with Crippen LogP contribution in [0.15, 0.2) is 60.7 Å². The molecule has 1 amide bonds. The Hall–Kier alpha value is -2.95. The molecule has 1 aliphatic heterocycles. The number of nitrogens with zero attached hydrogens (tertiary/aromatic N) is 1. The van der Waals surface area contributed by atoms with Crippen LogP contribution >= 0.6 is 11.6 Å². The SMILES string of the molecule is Cc1cc(C)c(CN2CCC[C@]2(C)C(=O)Nc2ccc(Cl)cc2C(=O)c2ccccc2)c(C)c1. The first-order chi connectivity index (χ1) is 16.2. The highest BCUT2D eigenvalue weighted by atomic mass is 35.5. The van der Waals surface area contributed by atoms with Crippen LogP contribution in [-0.4, -0.2) is 28.7 Å². The van der Waals surface area contributed by atoms with Crippen LogP contribution < -0.4 is 5.32 Å². The second-order valence-corrected chi connectivity index (χ2v) is 9.95. The van der Waals surface area contributed by atoms with Crippen molar-refractivity contribution in [2.45, 2.75) is 52.6 Å². The number of hydrogen-bond donors (Lipinski definition) is 1. The summed E-state index contributed by atoms with van der Waals surface area (Å²) in [6.45, 7) is 9.96. The van der Waals surface area contributed by atoms with Crippen LogP contribution in [0.25, 0.3) is 0 Å². The number of rotatable bonds is 6. The van der Waals surface area contributed by atoms with E-state index in [-0.39, 0.29) is 11.7 Å². The Bertz CT molecular complexity index is 1220. The van der Waals surface area contributed by atoms with Crippen LogP contribution in [0.1, 0.15) is 57.9 Å². The van der Waals surface area contributed by atoms with Crippen LogP contribution in [-0.2, 0) is 11.3 Å². The number of carbonyl (C=O) groups excluding carboxylic acids is 2. The molecule has 3 aromatic rings. The molecule has 1 fully saturated rings. The molecule has 1 aliphatic rings. The number of anilines is 1. The smallest absolute Gasteiger partial charge is 0.244 e. The lowest BCUT2D eigenvalue weighted by Gasteiger charge is -2.35. The van der Waals surface area contributed by atoms with Crippen LogP contribution in [0.3, 0.4) is 0 Å². The van der Waals surface area contributed by atoms with Crippen molar-refractivity contribution in [1.29, 1.82) is 0 Å². The highest BCUT2D eigenvalue weighted by molar-refractivity contribution is 6.31. The lowest BCUT2D eigenvalue weighted by Crippen LogP contribution is -2.50. The van der Waals surface area contributed by atoms with E-state index < -0.39 is 5.54 Å². The highest BCUT2D eigenvalue weighted by Gasteiger charge is 2.43. The fraction of sp³-hybridized carbons (Fsp3) is 0.310. The Labute approximate surface area is 206 Å². The quantitative estimate of drug-likeness (QED) is 0.415. The van der Waals surface area contributed by atoms with Crippen LogP contribution in [0, 0.1) is 20.8 Å².